The maximum absolute atomic E-state index is 12.7. The molecule has 1 heterocycles. The molecular weight excluding hydrogens is 416 g/mol. The second kappa shape index (κ2) is 7.97. The minimum Gasteiger partial charge on any atom is -0.480 e. The van der Waals surface area contributed by atoms with Crippen LogP contribution in [0.2, 0.25) is 0 Å². The van der Waals surface area contributed by atoms with E-state index >= 15 is 0 Å². The molecule has 8 nitrogen and oxygen atoms in total. The summed E-state index contributed by atoms with van der Waals surface area (Å²) in [6.45, 7) is 3.27. The van der Waals surface area contributed by atoms with Gasteiger partial charge in [-0.1, -0.05) is 26.0 Å². The minimum atomic E-state index is -4.00. The van der Waals surface area contributed by atoms with E-state index in [0.29, 0.717) is 5.69 Å². The highest BCUT2D eigenvalue weighted by Crippen LogP contribution is 2.36. The van der Waals surface area contributed by atoms with Crippen LogP contribution in [-0.4, -0.2) is 38.7 Å². The van der Waals surface area contributed by atoms with E-state index in [9.17, 15) is 23.1 Å². The first kappa shape index (κ1) is 21.0. The van der Waals surface area contributed by atoms with Crippen LogP contribution in [0.25, 0.3) is 20.2 Å². The predicted octanol–water partition coefficient (Wildman–Crippen LogP) is 3.62. The molecule has 1 amide bonds. The number of thiophene rings is 1. The number of anilines is 1. The highest BCUT2D eigenvalue weighted by atomic mass is 32.2. The fourth-order valence-corrected chi connectivity index (χ4v) is 5.50. The van der Waals surface area contributed by atoms with Gasteiger partial charge in [0.15, 0.2) is 0 Å². The van der Waals surface area contributed by atoms with Gasteiger partial charge in [0.2, 0.25) is 10.0 Å². The van der Waals surface area contributed by atoms with Crippen molar-refractivity contribution in [3.05, 3.63) is 36.4 Å². The first-order valence-electron chi connectivity index (χ1n) is 8.69. The maximum Gasteiger partial charge on any atom is 0.411 e. The molecule has 0 fully saturated rings. The third-order valence-corrected chi connectivity index (χ3v) is 6.96. The van der Waals surface area contributed by atoms with Gasteiger partial charge < -0.3 is 9.84 Å². The lowest BCUT2D eigenvalue weighted by molar-refractivity contribution is -0.140. The average Bonchev–Trinajstić information content (AvgIpc) is 3.02. The van der Waals surface area contributed by atoms with Crippen molar-refractivity contribution >= 4 is 59.3 Å². The summed E-state index contributed by atoms with van der Waals surface area (Å²) < 4.78 is 33.8. The van der Waals surface area contributed by atoms with Crippen LogP contribution in [0.5, 0.6) is 0 Å². The maximum atomic E-state index is 12.7. The monoisotopic (exact) mass is 436 g/mol. The molecule has 3 aromatic rings. The number of hydrogen-bond donors (Lipinski definition) is 3. The smallest absolute Gasteiger partial charge is 0.411 e. The summed E-state index contributed by atoms with van der Waals surface area (Å²) in [5.74, 6) is -1.63. The van der Waals surface area contributed by atoms with Crippen LogP contribution in [0.3, 0.4) is 0 Å². The lowest BCUT2D eigenvalue weighted by atomic mass is 10.1. The number of ether oxygens (including phenoxy) is 1. The Hall–Kier alpha value is -2.69. The second-order valence-electron chi connectivity index (χ2n) is 6.77. The van der Waals surface area contributed by atoms with Crippen molar-refractivity contribution in [3.63, 3.8) is 0 Å². The van der Waals surface area contributed by atoms with Crippen molar-refractivity contribution in [3.8, 4) is 0 Å². The highest BCUT2D eigenvalue weighted by Gasteiger charge is 2.28. The number of sulfonamides is 1. The third-order valence-electron chi connectivity index (χ3n) is 4.40. The summed E-state index contributed by atoms with van der Waals surface area (Å²) in [4.78, 5) is 22.7. The molecule has 29 heavy (non-hydrogen) atoms. The Morgan fingerprint density at radius 3 is 2.28 bits per heavy atom. The summed E-state index contributed by atoms with van der Waals surface area (Å²) in [5, 5.41) is 13.6. The third kappa shape index (κ3) is 4.34. The molecule has 3 N–H and O–H groups in total. The van der Waals surface area contributed by atoms with Crippen molar-refractivity contribution in [2.75, 3.05) is 12.4 Å². The quantitative estimate of drug-likeness (QED) is 0.543. The number of benzene rings is 2. The molecule has 0 spiro atoms. The molecule has 0 radical (unpaired) electrons. The topological polar surface area (TPSA) is 122 Å². The number of amides is 1. The fraction of sp³-hybridized carbons (Fsp3) is 0.263. The van der Waals surface area contributed by atoms with E-state index < -0.39 is 34.0 Å². The second-order valence-corrected chi connectivity index (χ2v) is 9.57. The van der Waals surface area contributed by atoms with Crippen LogP contribution in [0.4, 0.5) is 10.5 Å². The van der Waals surface area contributed by atoms with Gasteiger partial charge in [-0.15, -0.1) is 11.3 Å². The van der Waals surface area contributed by atoms with Gasteiger partial charge in [-0.2, -0.15) is 4.72 Å². The van der Waals surface area contributed by atoms with Gasteiger partial charge in [0.25, 0.3) is 0 Å². The molecule has 0 aliphatic rings. The molecule has 154 valence electrons. The summed E-state index contributed by atoms with van der Waals surface area (Å²) in [6, 6.07) is 8.81. The van der Waals surface area contributed by atoms with Crippen LogP contribution in [0.1, 0.15) is 13.8 Å². The van der Waals surface area contributed by atoms with Crippen molar-refractivity contribution in [2.24, 2.45) is 5.92 Å². The van der Waals surface area contributed by atoms with Crippen LogP contribution in [-0.2, 0) is 19.6 Å². The van der Waals surface area contributed by atoms with Crippen LogP contribution in [0, 0.1) is 5.92 Å². The SMILES string of the molecule is COC(=O)Nc1ccc2c(c1)sc1cc(S(=O)(=O)N[C@@H](C(=O)O)C(C)C)ccc12. The Labute approximate surface area is 171 Å². The van der Waals surface area contributed by atoms with Crippen molar-refractivity contribution in [1.82, 2.24) is 4.72 Å². The average molecular weight is 437 g/mol. The fourth-order valence-electron chi connectivity index (χ4n) is 2.88. The lowest BCUT2D eigenvalue weighted by Crippen LogP contribution is -2.44. The number of carbonyl (C=O) groups is 2. The molecule has 0 saturated carbocycles. The zero-order valence-electron chi connectivity index (χ0n) is 15.9. The van der Waals surface area contributed by atoms with Gasteiger partial charge >= 0.3 is 12.1 Å². The standard InChI is InChI=1S/C19H20N2O6S2/c1-10(2)17(18(22)23)21-29(25,26)12-5-7-14-13-6-4-11(20-19(24)27-3)8-15(13)28-16(14)9-12/h4-10,17,21H,1-3H3,(H,20,24)(H,22,23)/t17-/m1/s1. The normalized spacial score (nSPS) is 13.0. The minimum absolute atomic E-state index is 0.00337. The number of carboxylic acid groups (broad SMARTS) is 1. The number of aliphatic carboxylic acids is 1. The van der Waals surface area contributed by atoms with E-state index in [2.05, 4.69) is 14.8 Å². The molecule has 2 aromatic carbocycles. The molecular formula is C19H20N2O6S2. The zero-order chi connectivity index (χ0) is 21.3. The molecule has 0 aliphatic heterocycles. The van der Waals surface area contributed by atoms with Gasteiger partial charge in [-0.25, -0.2) is 13.2 Å². The molecule has 0 saturated heterocycles. The van der Waals surface area contributed by atoms with Gasteiger partial charge in [0.05, 0.1) is 12.0 Å². The van der Waals surface area contributed by atoms with Gasteiger partial charge in [-0.05, 0) is 30.2 Å². The van der Waals surface area contributed by atoms with E-state index in [0.717, 1.165) is 20.2 Å². The molecule has 0 aliphatic carbocycles. The van der Waals surface area contributed by atoms with E-state index in [-0.39, 0.29) is 4.90 Å². The van der Waals surface area contributed by atoms with Crippen molar-refractivity contribution < 1.29 is 27.9 Å². The van der Waals surface area contributed by atoms with Crippen LogP contribution >= 0.6 is 11.3 Å². The summed E-state index contributed by atoms with van der Waals surface area (Å²) in [7, 11) is -2.73. The van der Waals surface area contributed by atoms with E-state index in [1.54, 1.807) is 32.0 Å². The van der Waals surface area contributed by atoms with Crippen molar-refractivity contribution in [2.45, 2.75) is 24.8 Å². The summed E-state index contributed by atoms with van der Waals surface area (Å²) >= 11 is 1.37. The molecule has 1 aromatic heterocycles. The van der Waals surface area contributed by atoms with Gasteiger partial charge in [0.1, 0.15) is 6.04 Å². The van der Waals surface area contributed by atoms with E-state index in [1.807, 2.05) is 6.07 Å². The zero-order valence-corrected chi connectivity index (χ0v) is 17.6. The number of hydrogen-bond acceptors (Lipinski definition) is 6. The number of carbonyl (C=O) groups excluding carboxylic acids is 1. The Bertz CT molecular complexity index is 1200. The Morgan fingerprint density at radius 2 is 1.69 bits per heavy atom. The van der Waals surface area contributed by atoms with Gasteiger partial charge in [0, 0.05) is 25.9 Å². The predicted molar refractivity (Wildman–Crippen MR) is 112 cm³/mol. The van der Waals surface area contributed by atoms with E-state index in [4.69, 9.17) is 0 Å². The molecule has 3 rings (SSSR count). The summed E-state index contributed by atoms with van der Waals surface area (Å²) in [6.07, 6.45) is -0.581. The van der Waals surface area contributed by atoms with Crippen LogP contribution < -0.4 is 10.0 Å². The highest BCUT2D eigenvalue weighted by molar-refractivity contribution is 7.89. The molecule has 10 heteroatoms. The molecule has 0 unspecified atom stereocenters. The Morgan fingerprint density at radius 1 is 1.07 bits per heavy atom. The number of fused-ring (bicyclic) bond motifs is 3. The number of nitrogens with one attached hydrogen (secondary N) is 2. The van der Waals surface area contributed by atoms with Crippen molar-refractivity contribution in [1.29, 1.82) is 0 Å². The first-order valence-corrected chi connectivity index (χ1v) is 11.0. The lowest BCUT2D eigenvalue weighted by Gasteiger charge is -2.18. The number of carboxylic acids is 1. The van der Waals surface area contributed by atoms with Gasteiger partial charge in [-0.3, -0.25) is 10.1 Å². The van der Waals surface area contributed by atoms with Crippen LogP contribution in [0.15, 0.2) is 41.3 Å². The Balaban J connectivity index is 2.00. The number of rotatable bonds is 6. The first-order chi connectivity index (χ1) is 13.6. The summed E-state index contributed by atoms with van der Waals surface area (Å²) in [5.41, 5.74) is 0.562. The van der Waals surface area contributed by atoms with E-state index in [1.165, 1.54) is 30.6 Å². The molecule has 0 bridgehead atoms. The molecule has 1 atom stereocenters. The largest absolute Gasteiger partial charge is 0.480 e. The Kier molecular flexibility index (Phi) is 5.78. The number of methoxy groups -OCH3 is 1.